The van der Waals surface area contributed by atoms with Gasteiger partial charge < -0.3 is 10.1 Å². The summed E-state index contributed by atoms with van der Waals surface area (Å²) in [4.78, 5) is 28.9. The van der Waals surface area contributed by atoms with Gasteiger partial charge in [-0.3, -0.25) is 14.0 Å². The molecule has 1 N–H and O–H groups in total. The number of carbonyl (C=O) groups excluding carboxylic acids is 2. The fourth-order valence-electron chi connectivity index (χ4n) is 2.77. The molecule has 140 valence electrons. The topological polar surface area (TPSA) is 72.7 Å². The van der Waals surface area contributed by atoms with Gasteiger partial charge in [-0.25, -0.2) is 4.98 Å². The average Bonchev–Trinajstić information content (AvgIpc) is 2.97. The Morgan fingerprint density at radius 1 is 1.19 bits per heavy atom. The summed E-state index contributed by atoms with van der Waals surface area (Å²) in [6, 6.07) is 13.5. The highest BCUT2D eigenvalue weighted by molar-refractivity contribution is 9.10. The van der Waals surface area contributed by atoms with Crippen LogP contribution in [0.4, 0.5) is 5.82 Å². The third-order valence-electron chi connectivity index (χ3n) is 4.01. The molecule has 7 heteroatoms. The number of amides is 1. The number of hydrogen-bond acceptors (Lipinski definition) is 4. The predicted octanol–water partition coefficient (Wildman–Crippen LogP) is 3.77. The van der Waals surface area contributed by atoms with Crippen LogP contribution in [0.25, 0.3) is 5.65 Å². The van der Waals surface area contributed by atoms with Gasteiger partial charge in [-0.2, -0.15) is 0 Å². The molecule has 2 aromatic heterocycles. The van der Waals surface area contributed by atoms with Crippen LogP contribution in [-0.2, 0) is 27.2 Å². The van der Waals surface area contributed by atoms with E-state index in [4.69, 9.17) is 4.74 Å². The number of esters is 1. The number of anilines is 1. The molecule has 0 spiro atoms. The largest absolute Gasteiger partial charge is 0.466 e. The Labute approximate surface area is 165 Å². The molecular weight excluding hydrogens is 410 g/mol. The van der Waals surface area contributed by atoms with Crippen molar-refractivity contribution in [3.8, 4) is 0 Å². The highest BCUT2D eigenvalue weighted by Gasteiger charge is 2.18. The molecule has 3 rings (SSSR count). The molecule has 0 atom stereocenters. The number of nitrogens with zero attached hydrogens (tertiary/aromatic N) is 2. The first-order chi connectivity index (χ1) is 13.1. The lowest BCUT2D eigenvalue weighted by Gasteiger charge is -2.08. The van der Waals surface area contributed by atoms with Crippen molar-refractivity contribution in [1.29, 1.82) is 0 Å². The van der Waals surface area contributed by atoms with E-state index >= 15 is 0 Å². The molecule has 0 bridgehead atoms. The number of hydrogen-bond donors (Lipinski definition) is 1. The molecule has 0 fully saturated rings. The summed E-state index contributed by atoms with van der Waals surface area (Å²) in [6.07, 6.45) is 2.79. The van der Waals surface area contributed by atoms with Gasteiger partial charge in [0.2, 0.25) is 5.91 Å². The second-order valence-electron chi connectivity index (χ2n) is 6.00. The van der Waals surface area contributed by atoms with Gasteiger partial charge in [0.25, 0.3) is 0 Å². The zero-order chi connectivity index (χ0) is 19.2. The number of halogens is 1. The molecule has 1 amide bonds. The molecule has 0 saturated carbocycles. The summed E-state index contributed by atoms with van der Waals surface area (Å²) in [5, 5.41) is 2.91. The molecule has 0 aliphatic carbocycles. The minimum absolute atomic E-state index is 0.00143. The fraction of sp³-hybridized carbons (Fsp3) is 0.250. The zero-order valence-electron chi connectivity index (χ0n) is 14.9. The minimum atomic E-state index is -0.375. The Balaban J connectivity index is 1.81. The highest BCUT2D eigenvalue weighted by atomic mass is 79.9. The van der Waals surface area contributed by atoms with Gasteiger partial charge in [0.15, 0.2) is 0 Å². The summed E-state index contributed by atoms with van der Waals surface area (Å²) >= 11 is 3.43. The molecule has 0 aliphatic heterocycles. The number of benzene rings is 1. The van der Waals surface area contributed by atoms with Crippen LogP contribution >= 0.6 is 15.9 Å². The standard InChI is InChI=1S/C20H20BrN3O3/c1-2-27-19(26)12-16-20(24-13-15(21)9-10-17(24)22-16)23-18(25)11-8-14-6-4-3-5-7-14/h3-7,9-10,13H,2,8,11-12H2,1H3,(H,23,25). The number of rotatable bonds is 7. The van der Waals surface area contributed by atoms with Crippen LogP contribution in [0.2, 0.25) is 0 Å². The quantitative estimate of drug-likeness (QED) is 0.580. The van der Waals surface area contributed by atoms with Crippen LogP contribution in [0.15, 0.2) is 53.1 Å². The van der Waals surface area contributed by atoms with Gasteiger partial charge in [-0.1, -0.05) is 30.3 Å². The second kappa shape index (κ2) is 8.81. The van der Waals surface area contributed by atoms with Crippen molar-refractivity contribution in [2.24, 2.45) is 0 Å². The van der Waals surface area contributed by atoms with Crippen LogP contribution in [0.5, 0.6) is 0 Å². The van der Waals surface area contributed by atoms with Crippen molar-refractivity contribution in [2.45, 2.75) is 26.2 Å². The van der Waals surface area contributed by atoms with E-state index < -0.39 is 0 Å². The third-order valence-corrected chi connectivity index (χ3v) is 4.48. The first-order valence-electron chi connectivity index (χ1n) is 8.72. The van der Waals surface area contributed by atoms with Crippen LogP contribution in [-0.4, -0.2) is 27.9 Å². The monoisotopic (exact) mass is 429 g/mol. The minimum Gasteiger partial charge on any atom is -0.466 e. The molecule has 0 radical (unpaired) electrons. The van der Waals surface area contributed by atoms with E-state index in [2.05, 4.69) is 26.2 Å². The molecule has 3 aromatic rings. The van der Waals surface area contributed by atoms with Crippen molar-refractivity contribution in [2.75, 3.05) is 11.9 Å². The normalized spacial score (nSPS) is 10.7. The lowest BCUT2D eigenvalue weighted by molar-refractivity contribution is -0.142. The SMILES string of the molecule is CCOC(=O)Cc1nc2ccc(Br)cn2c1NC(=O)CCc1ccccc1. The molecule has 0 aliphatic rings. The average molecular weight is 430 g/mol. The molecule has 0 unspecified atom stereocenters. The Hall–Kier alpha value is -2.67. The third kappa shape index (κ3) is 4.95. The van der Waals surface area contributed by atoms with E-state index in [0.717, 1.165) is 10.0 Å². The number of nitrogens with one attached hydrogen (secondary N) is 1. The van der Waals surface area contributed by atoms with E-state index in [9.17, 15) is 9.59 Å². The number of aryl methyl sites for hydroxylation is 1. The van der Waals surface area contributed by atoms with Gasteiger partial charge in [0.05, 0.1) is 18.7 Å². The van der Waals surface area contributed by atoms with E-state index in [1.54, 1.807) is 11.3 Å². The second-order valence-corrected chi connectivity index (χ2v) is 6.91. The molecule has 0 saturated heterocycles. The molecule has 1 aromatic carbocycles. The van der Waals surface area contributed by atoms with Crippen LogP contribution in [0.1, 0.15) is 24.6 Å². The highest BCUT2D eigenvalue weighted by Crippen LogP contribution is 2.22. The van der Waals surface area contributed by atoms with E-state index in [0.29, 0.717) is 36.6 Å². The number of ether oxygens (including phenoxy) is 1. The Morgan fingerprint density at radius 3 is 2.70 bits per heavy atom. The zero-order valence-corrected chi connectivity index (χ0v) is 16.5. The number of imidazole rings is 1. The molecule has 27 heavy (non-hydrogen) atoms. The van der Waals surface area contributed by atoms with Gasteiger partial charge in [0.1, 0.15) is 11.5 Å². The van der Waals surface area contributed by atoms with Gasteiger partial charge in [0, 0.05) is 17.1 Å². The molecule has 2 heterocycles. The Morgan fingerprint density at radius 2 is 1.96 bits per heavy atom. The van der Waals surface area contributed by atoms with E-state index in [1.807, 2.05) is 48.7 Å². The van der Waals surface area contributed by atoms with E-state index in [-0.39, 0.29) is 18.3 Å². The van der Waals surface area contributed by atoms with Crippen LogP contribution in [0, 0.1) is 0 Å². The van der Waals surface area contributed by atoms with Crippen molar-refractivity contribution in [1.82, 2.24) is 9.38 Å². The first-order valence-corrected chi connectivity index (χ1v) is 9.52. The van der Waals surface area contributed by atoms with Crippen LogP contribution < -0.4 is 5.32 Å². The number of pyridine rings is 1. The Kier molecular flexibility index (Phi) is 6.24. The van der Waals surface area contributed by atoms with Crippen molar-refractivity contribution >= 4 is 39.3 Å². The maximum Gasteiger partial charge on any atom is 0.312 e. The first kappa shape index (κ1) is 19.1. The van der Waals surface area contributed by atoms with Crippen molar-refractivity contribution in [3.63, 3.8) is 0 Å². The molecule has 6 nitrogen and oxygen atoms in total. The Bertz CT molecular complexity index is 954. The lowest BCUT2D eigenvalue weighted by atomic mass is 10.1. The number of aromatic nitrogens is 2. The van der Waals surface area contributed by atoms with Gasteiger partial charge in [-0.05, 0) is 47.0 Å². The number of fused-ring (bicyclic) bond motifs is 1. The summed E-state index contributed by atoms with van der Waals surface area (Å²) in [7, 11) is 0. The predicted molar refractivity (Wildman–Crippen MR) is 107 cm³/mol. The van der Waals surface area contributed by atoms with E-state index in [1.165, 1.54) is 0 Å². The lowest BCUT2D eigenvalue weighted by Crippen LogP contribution is -2.16. The van der Waals surface area contributed by atoms with Crippen molar-refractivity contribution in [3.05, 3.63) is 64.4 Å². The summed E-state index contributed by atoms with van der Waals surface area (Å²) < 4.78 is 7.63. The fourth-order valence-corrected chi connectivity index (χ4v) is 3.11. The summed E-state index contributed by atoms with van der Waals surface area (Å²) in [6.45, 7) is 2.06. The van der Waals surface area contributed by atoms with Gasteiger partial charge in [-0.15, -0.1) is 0 Å². The van der Waals surface area contributed by atoms with Gasteiger partial charge >= 0.3 is 5.97 Å². The smallest absolute Gasteiger partial charge is 0.312 e. The maximum absolute atomic E-state index is 12.5. The van der Waals surface area contributed by atoms with Crippen LogP contribution in [0.3, 0.4) is 0 Å². The summed E-state index contributed by atoms with van der Waals surface area (Å²) in [5.41, 5.74) is 2.23. The van der Waals surface area contributed by atoms with Crippen molar-refractivity contribution < 1.29 is 14.3 Å². The maximum atomic E-state index is 12.5. The summed E-state index contributed by atoms with van der Waals surface area (Å²) in [5.74, 6) is -0.0112. The number of carbonyl (C=O) groups is 2. The molecular formula is C20H20BrN3O3.